The summed E-state index contributed by atoms with van der Waals surface area (Å²) in [4.78, 5) is 27.7. The normalized spacial score (nSPS) is 14.7. The minimum Gasteiger partial charge on any atom is -0.379 e. The standard InChI is InChI=1S/C27H29ClN4O3/c1-19-7-8-23(17-24(19)28)31-27(34)26(20-5-3-2-4-6-20)30-22-11-9-21(10-12-22)29-25(33)18-32-13-15-35-16-14-32/h2-12,17,26,30H,13-16,18H2,1H3,(H,29,33)(H,31,34)/t26-/m1/s1. The molecule has 1 heterocycles. The lowest BCUT2D eigenvalue weighted by molar-refractivity contribution is -0.118. The lowest BCUT2D eigenvalue weighted by atomic mass is 10.1. The largest absolute Gasteiger partial charge is 0.379 e. The van der Waals surface area contributed by atoms with E-state index < -0.39 is 6.04 Å². The van der Waals surface area contributed by atoms with Gasteiger partial charge in [-0.05, 0) is 54.4 Å². The van der Waals surface area contributed by atoms with Crippen LogP contribution in [-0.4, -0.2) is 49.6 Å². The third kappa shape index (κ3) is 7.05. The van der Waals surface area contributed by atoms with Crippen molar-refractivity contribution in [3.8, 4) is 0 Å². The highest BCUT2D eigenvalue weighted by molar-refractivity contribution is 6.31. The summed E-state index contributed by atoms with van der Waals surface area (Å²) < 4.78 is 5.32. The van der Waals surface area contributed by atoms with Crippen LogP contribution >= 0.6 is 11.6 Å². The molecule has 7 nitrogen and oxygen atoms in total. The smallest absolute Gasteiger partial charge is 0.251 e. The number of carbonyl (C=O) groups is 2. The Kier molecular flexibility index (Phi) is 8.36. The number of hydrogen-bond donors (Lipinski definition) is 3. The van der Waals surface area contributed by atoms with Crippen LogP contribution in [0.25, 0.3) is 0 Å². The number of hydrogen-bond acceptors (Lipinski definition) is 5. The number of ether oxygens (including phenoxy) is 1. The predicted octanol–water partition coefficient (Wildman–Crippen LogP) is 4.71. The summed E-state index contributed by atoms with van der Waals surface area (Å²) in [5.74, 6) is -0.273. The molecule has 35 heavy (non-hydrogen) atoms. The third-order valence-corrected chi connectivity index (χ3v) is 6.19. The average Bonchev–Trinajstić information content (AvgIpc) is 2.87. The second-order valence-electron chi connectivity index (χ2n) is 8.46. The summed E-state index contributed by atoms with van der Waals surface area (Å²) in [7, 11) is 0. The van der Waals surface area contributed by atoms with E-state index in [1.807, 2.05) is 73.7 Å². The number of benzene rings is 3. The predicted molar refractivity (Wildman–Crippen MR) is 140 cm³/mol. The fourth-order valence-electron chi connectivity index (χ4n) is 3.81. The van der Waals surface area contributed by atoms with Gasteiger partial charge in [-0.15, -0.1) is 0 Å². The van der Waals surface area contributed by atoms with Crippen LogP contribution in [0.2, 0.25) is 5.02 Å². The Bertz CT molecular complexity index is 1150. The number of rotatable bonds is 8. The molecule has 4 rings (SSSR count). The van der Waals surface area contributed by atoms with Crippen molar-refractivity contribution in [2.45, 2.75) is 13.0 Å². The maximum Gasteiger partial charge on any atom is 0.251 e. The fourth-order valence-corrected chi connectivity index (χ4v) is 3.99. The highest BCUT2D eigenvalue weighted by atomic mass is 35.5. The van der Waals surface area contributed by atoms with Gasteiger partial charge in [0.05, 0.1) is 19.8 Å². The summed E-state index contributed by atoms with van der Waals surface area (Å²) in [6.07, 6.45) is 0. The molecule has 0 saturated carbocycles. The Hall–Kier alpha value is -3.39. The molecule has 0 aromatic heterocycles. The summed E-state index contributed by atoms with van der Waals surface area (Å²) in [5, 5.41) is 9.78. The quantitative estimate of drug-likeness (QED) is 0.424. The van der Waals surface area contributed by atoms with Gasteiger partial charge in [0.15, 0.2) is 0 Å². The number of aryl methyl sites for hydroxylation is 1. The average molecular weight is 493 g/mol. The van der Waals surface area contributed by atoms with Crippen LogP contribution in [-0.2, 0) is 14.3 Å². The molecule has 182 valence electrons. The van der Waals surface area contributed by atoms with E-state index in [-0.39, 0.29) is 11.8 Å². The van der Waals surface area contributed by atoms with Crippen LogP contribution < -0.4 is 16.0 Å². The van der Waals surface area contributed by atoms with Crippen molar-refractivity contribution < 1.29 is 14.3 Å². The van der Waals surface area contributed by atoms with Crippen LogP contribution in [0.1, 0.15) is 17.2 Å². The molecule has 3 aromatic rings. The number of nitrogens with one attached hydrogen (secondary N) is 3. The minimum atomic E-state index is -0.627. The second-order valence-corrected chi connectivity index (χ2v) is 8.86. The highest BCUT2D eigenvalue weighted by Crippen LogP contribution is 2.25. The molecule has 3 N–H and O–H groups in total. The molecular formula is C27H29ClN4O3. The van der Waals surface area contributed by atoms with Crippen molar-refractivity contribution >= 4 is 40.5 Å². The van der Waals surface area contributed by atoms with Crippen molar-refractivity contribution in [1.82, 2.24) is 4.90 Å². The molecule has 1 fully saturated rings. The van der Waals surface area contributed by atoms with E-state index in [1.54, 1.807) is 6.07 Å². The zero-order valence-corrected chi connectivity index (χ0v) is 20.3. The van der Waals surface area contributed by atoms with Crippen LogP contribution in [0, 0.1) is 6.92 Å². The van der Waals surface area contributed by atoms with Crippen LogP contribution in [0.5, 0.6) is 0 Å². The van der Waals surface area contributed by atoms with E-state index >= 15 is 0 Å². The first-order chi connectivity index (χ1) is 17.0. The number of amides is 2. The van der Waals surface area contributed by atoms with Gasteiger partial charge in [0.1, 0.15) is 6.04 Å². The molecule has 1 aliphatic heterocycles. The minimum absolute atomic E-state index is 0.0640. The Morgan fingerprint density at radius 1 is 0.914 bits per heavy atom. The first kappa shape index (κ1) is 24.7. The van der Waals surface area contributed by atoms with Crippen molar-refractivity contribution in [3.63, 3.8) is 0 Å². The molecule has 0 aliphatic carbocycles. The summed E-state index contributed by atoms with van der Waals surface area (Å²) in [6, 6.07) is 21.6. The van der Waals surface area contributed by atoms with Crippen molar-refractivity contribution in [1.29, 1.82) is 0 Å². The van der Waals surface area contributed by atoms with Crippen LogP contribution in [0.4, 0.5) is 17.1 Å². The number of anilines is 3. The van der Waals surface area contributed by atoms with Gasteiger partial charge < -0.3 is 20.7 Å². The van der Waals surface area contributed by atoms with Gasteiger partial charge in [0.25, 0.3) is 5.91 Å². The summed E-state index contributed by atoms with van der Waals surface area (Å²) in [5.41, 5.74) is 3.85. The van der Waals surface area contributed by atoms with E-state index in [0.717, 1.165) is 29.9 Å². The van der Waals surface area contributed by atoms with Gasteiger partial charge in [0, 0.05) is 35.2 Å². The Morgan fingerprint density at radius 2 is 1.57 bits per heavy atom. The van der Waals surface area contributed by atoms with E-state index in [0.29, 0.717) is 36.2 Å². The van der Waals surface area contributed by atoms with E-state index in [9.17, 15) is 9.59 Å². The maximum atomic E-state index is 13.2. The molecule has 1 aliphatic rings. The maximum absolute atomic E-state index is 13.2. The van der Waals surface area contributed by atoms with Crippen molar-refractivity contribution in [3.05, 3.63) is 88.9 Å². The molecule has 0 radical (unpaired) electrons. The number of halogens is 1. The molecule has 0 bridgehead atoms. The van der Waals surface area contributed by atoms with Gasteiger partial charge in [-0.3, -0.25) is 14.5 Å². The Balaban J connectivity index is 1.42. The van der Waals surface area contributed by atoms with Gasteiger partial charge >= 0.3 is 0 Å². The van der Waals surface area contributed by atoms with Crippen LogP contribution in [0.15, 0.2) is 72.8 Å². The lowest BCUT2D eigenvalue weighted by Gasteiger charge is -2.25. The zero-order valence-electron chi connectivity index (χ0n) is 19.6. The molecule has 3 aromatic carbocycles. The van der Waals surface area contributed by atoms with Crippen molar-refractivity contribution in [2.24, 2.45) is 0 Å². The first-order valence-electron chi connectivity index (χ1n) is 11.6. The molecule has 8 heteroatoms. The van der Waals surface area contributed by atoms with Gasteiger partial charge in [0.2, 0.25) is 5.91 Å². The Labute approximate surface area is 210 Å². The topological polar surface area (TPSA) is 82.7 Å². The first-order valence-corrected chi connectivity index (χ1v) is 11.9. The lowest BCUT2D eigenvalue weighted by Crippen LogP contribution is -2.41. The van der Waals surface area contributed by atoms with Gasteiger partial charge in [-0.25, -0.2) is 0 Å². The molecule has 2 amide bonds. The van der Waals surface area contributed by atoms with E-state index in [1.165, 1.54) is 0 Å². The number of nitrogens with zero attached hydrogens (tertiary/aromatic N) is 1. The Morgan fingerprint density at radius 3 is 2.26 bits per heavy atom. The monoisotopic (exact) mass is 492 g/mol. The number of morpholine rings is 1. The third-order valence-electron chi connectivity index (χ3n) is 5.79. The van der Waals surface area contributed by atoms with Gasteiger partial charge in [-0.2, -0.15) is 0 Å². The molecule has 0 unspecified atom stereocenters. The zero-order chi connectivity index (χ0) is 24.6. The van der Waals surface area contributed by atoms with Crippen molar-refractivity contribution in [2.75, 3.05) is 48.8 Å². The summed E-state index contributed by atoms with van der Waals surface area (Å²) >= 11 is 6.22. The molecule has 0 spiro atoms. The molecule has 1 atom stereocenters. The SMILES string of the molecule is Cc1ccc(NC(=O)[C@H](Nc2ccc(NC(=O)CN3CCOCC3)cc2)c2ccccc2)cc1Cl. The van der Waals surface area contributed by atoms with E-state index in [4.69, 9.17) is 16.3 Å². The fraction of sp³-hybridized carbons (Fsp3) is 0.259. The number of carbonyl (C=O) groups excluding carboxylic acids is 2. The van der Waals surface area contributed by atoms with E-state index in [2.05, 4.69) is 20.9 Å². The summed E-state index contributed by atoms with van der Waals surface area (Å²) in [6.45, 7) is 5.07. The van der Waals surface area contributed by atoms with Gasteiger partial charge in [-0.1, -0.05) is 48.0 Å². The highest BCUT2D eigenvalue weighted by Gasteiger charge is 2.21. The molecule has 1 saturated heterocycles. The second kappa shape index (κ2) is 11.8. The van der Waals surface area contributed by atoms with Crippen LogP contribution in [0.3, 0.4) is 0 Å². The molecular weight excluding hydrogens is 464 g/mol.